The number of nitrogens with two attached hydrogens (primary N) is 1. The zero-order valence-electron chi connectivity index (χ0n) is 10.7. The quantitative estimate of drug-likeness (QED) is 0.874. The van der Waals surface area contributed by atoms with Crippen LogP contribution >= 0.6 is 0 Å². The molecule has 1 heterocycles. The lowest BCUT2D eigenvalue weighted by molar-refractivity contribution is 0.165. The summed E-state index contributed by atoms with van der Waals surface area (Å²) >= 11 is 0. The Labute approximate surface area is 107 Å². The highest BCUT2D eigenvalue weighted by Crippen LogP contribution is 2.21. The summed E-state index contributed by atoms with van der Waals surface area (Å²) in [5, 5.41) is 0. The highest BCUT2D eigenvalue weighted by molar-refractivity contribution is 5.29. The van der Waals surface area contributed by atoms with Crippen LogP contribution in [0.3, 0.4) is 0 Å². The van der Waals surface area contributed by atoms with Gasteiger partial charge in [-0.1, -0.05) is 6.07 Å². The lowest BCUT2D eigenvalue weighted by Crippen LogP contribution is -2.18. The molecule has 0 radical (unpaired) electrons. The average Bonchev–Trinajstić information content (AvgIpc) is 2.80. The second-order valence-corrected chi connectivity index (χ2v) is 4.99. The predicted molar refractivity (Wildman–Crippen MR) is 68.2 cm³/mol. The summed E-state index contributed by atoms with van der Waals surface area (Å²) in [6.07, 6.45) is 1.66. The summed E-state index contributed by atoms with van der Waals surface area (Å²) in [5.41, 5.74) is 6.59. The first kappa shape index (κ1) is 13.3. The molecule has 0 saturated carbocycles. The Morgan fingerprint density at radius 3 is 3.00 bits per heavy atom. The van der Waals surface area contributed by atoms with Crippen LogP contribution in [0.5, 0.6) is 5.75 Å². The van der Waals surface area contributed by atoms with E-state index >= 15 is 0 Å². The number of halogens is 1. The Bertz CT molecular complexity index is 389. The van der Waals surface area contributed by atoms with Gasteiger partial charge in [0.15, 0.2) is 11.6 Å². The van der Waals surface area contributed by atoms with E-state index in [-0.39, 0.29) is 11.9 Å². The molecule has 100 valence electrons. The molecule has 1 saturated heterocycles. The number of hydrogen-bond acceptors (Lipinski definition) is 3. The number of benzene rings is 1. The zero-order valence-corrected chi connectivity index (χ0v) is 10.7. The van der Waals surface area contributed by atoms with Gasteiger partial charge in [0.1, 0.15) is 0 Å². The van der Waals surface area contributed by atoms with Gasteiger partial charge >= 0.3 is 0 Å². The van der Waals surface area contributed by atoms with Crippen LogP contribution in [0, 0.1) is 11.7 Å². The van der Waals surface area contributed by atoms with Crippen molar-refractivity contribution in [3.63, 3.8) is 0 Å². The summed E-state index contributed by atoms with van der Waals surface area (Å²) in [7, 11) is 0. The highest BCUT2D eigenvalue weighted by atomic mass is 19.1. The highest BCUT2D eigenvalue weighted by Gasteiger charge is 2.17. The van der Waals surface area contributed by atoms with E-state index in [0.717, 1.165) is 18.6 Å². The Balaban J connectivity index is 1.92. The van der Waals surface area contributed by atoms with Crippen molar-refractivity contribution in [1.82, 2.24) is 0 Å². The van der Waals surface area contributed by atoms with E-state index in [0.29, 0.717) is 31.3 Å². The number of hydrogen-bond donors (Lipinski definition) is 1. The Morgan fingerprint density at radius 1 is 1.56 bits per heavy atom. The van der Waals surface area contributed by atoms with Crippen molar-refractivity contribution in [1.29, 1.82) is 0 Å². The smallest absolute Gasteiger partial charge is 0.165 e. The van der Waals surface area contributed by atoms with Crippen molar-refractivity contribution in [2.75, 3.05) is 19.8 Å². The summed E-state index contributed by atoms with van der Waals surface area (Å²) in [5.74, 6) is 0.385. The zero-order chi connectivity index (χ0) is 13.0. The second kappa shape index (κ2) is 6.16. The van der Waals surface area contributed by atoms with Crippen molar-refractivity contribution in [3.8, 4) is 5.75 Å². The van der Waals surface area contributed by atoms with Gasteiger partial charge in [-0.15, -0.1) is 0 Å². The number of ether oxygens (including phenoxy) is 2. The topological polar surface area (TPSA) is 44.5 Å². The van der Waals surface area contributed by atoms with Gasteiger partial charge in [-0.2, -0.15) is 0 Å². The third-order valence-electron chi connectivity index (χ3n) is 3.05. The predicted octanol–water partition coefficient (Wildman–Crippen LogP) is 2.13. The maximum Gasteiger partial charge on any atom is 0.165 e. The Morgan fingerprint density at radius 2 is 2.39 bits per heavy atom. The van der Waals surface area contributed by atoms with Gasteiger partial charge in [-0.05, 0) is 37.5 Å². The van der Waals surface area contributed by atoms with Gasteiger partial charge in [0.05, 0.1) is 13.2 Å². The third-order valence-corrected chi connectivity index (χ3v) is 3.05. The first-order chi connectivity index (χ1) is 8.65. The molecule has 0 aliphatic carbocycles. The van der Waals surface area contributed by atoms with Crippen LogP contribution in [0.4, 0.5) is 4.39 Å². The lowest BCUT2D eigenvalue weighted by atomic mass is 10.1. The van der Waals surface area contributed by atoms with Gasteiger partial charge in [-0.25, -0.2) is 4.39 Å². The van der Waals surface area contributed by atoms with Gasteiger partial charge in [0.2, 0.25) is 0 Å². The first-order valence-electron chi connectivity index (χ1n) is 6.39. The fourth-order valence-corrected chi connectivity index (χ4v) is 2.08. The molecule has 0 bridgehead atoms. The minimum absolute atomic E-state index is 0.0341. The van der Waals surface area contributed by atoms with E-state index in [2.05, 4.69) is 0 Å². The van der Waals surface area contributed by atoms with Crippen molar-refractivity contribution in [2.45, 2.75) is 25.8 Å². The average molecular weight is 253 g/mol. The molecule has 2 N–H and O–H groups in total. The minimum atomic E-state index is -0.313. The third kappa shape index (κ3) is 3.68. The van der Waals surface area contributed by atoms with Crippen LogP contribution in [0.2, 0.25) is 0 Å². The molecule has 2 rings (SSSR count). The lowest BCUT2D eigenvalue weighted by Gasteiger charge is -2.12. The molecule has 0 spiro atoms. The molecule has 2 atom stereocenters. The maximum atomic E-state index is 13.8. The largest absolute Gasteiger partial charge is 0.490 e. The molecular weight excluding hydrogens is 233 g/mol. The van der Waals surface area contributed by atoms with E-state index in [4.69, 9.17) is 15.2 Å². The van der Waals surface area contributed by atoms with E-state index in [1.807, 2.05) is 13.0 Å². The fraction of sp³-hybridized carbons (Fsp3) is 0.571. The molecule has 0 amide bonds. The normalized spacial score (nSPS) is 20.9. The standard InChI is InChI=1S/C14H20FNO2/c1-10(16)6-11-2-3-14(13(15)7-11)18-9-12-4-5-17-8-12/h2-3,7,10,12H,4-6,8-9,16H2,1H3. The molecule has 2 unspecified atom stereocenters. The van der Waals surface area contributed by atoms with Crippen LogP contribution in [-0.2, 0) is 11.2 Å². The summed E-state index contributed by atoms with van der Waals surface area (Å²) < 4.78 is 24.5. The van der Waals surface area contributed by atoms with Gasteiger partial charge in [-0.3, -0.25) is 0 Å². The molecule has 1 aliphatic heterocycles. The van der Waals surface area contributed by atoms with Crippen LogP contribution in [0.1, 0.15) is 18.9 Å². The molecule has 1 aromatic rings. The van der Waals surface area contributed by atoms with Crippen LogP contribution in [-0.4, -0.2) is 25.9 Å². The number of rotatable bonds is 5. The van der Waals surface area contributed by atoms with Crippen molar-refractivity contribution in [3.05, 3.63) is 29.6 Å². The maximum absolute atomic E-state index is 13.8. The molecule has 3 nitrogen and oxygen atoms in total. The molecule has 1 aromatic carbocycles. The van der Waals surface area contributed by atoms with E-state index in [1.165, 1.54) is 6.07 Å². The molecule has 1 aliphatic rings. The van der Waals surface area contributed by atoms with Gasteiger partial charge in [0, 0.05) is 18.6 Å². The molecule has 18 heavy (non-hydrogen) atoms. The summed E-state index contributed by atoms with van der Waals surface area (Å²) in [6.45, 7) is 3.92. The minimum Gasteiger partial charge on any atom is -0.490 e. The monoisotopic (exact) mass is 253 g/mol. The van der Waals surface area contributed by atoms with Crippen molar-refractivity contribution < 1.29 is 13.9 Å². The Kier molecular flexibility index (Phi) is 4.55. The summed E-state index contributed by atoms with van der Waals surface area (Å²) in [4.78, 5) is 0. The van der Waals surface area contributed by atoms with Crippen LogP contribution in [0.25, 0.3) is 0 Å². The first-order valence-corrected chi connectivity index (χ1v) is 6.39. The summed E-state index contributed by atoms with van der Waals surface area (Å²) in [6, 6.07) is 5.09. The SMILES string of the molecule is CC(N)Cc1ccc(OCC2CCOC2)c(F)c1. The molecular formula is C14H20FNO2. The van der Waals surface area contributed by atoms with Crippen molar-refractivity contribution >= 4 is 0 Å². The fourth-order valence-electron chi connectivity index (χ4n) is 2.08. The van der Waals surface area contributed by atoms with Crippen LogP contribution in [0.15, 0.2) is 18.2 Å². The van der Waals surface area contributed by atoms with Crippen LogP contribution < -0.4 is 10.5 Å². The van der Waals surface area contributed by atoms with E-state index in [1.54, 1.807) is 6.07 Å². The van der Waals surface area contributed by atoms with Gasteiger partial charge < -0.3 is 15.2 Å². The molecule has 0 aromatic heterocycles. The Hall–Kier alpha value is -1.13. The molecule has 4 heteroatoms. The second-order valence-electron chi connectivity index (χ2n) is 4.99. The van der Waals surface area contributed by atoms with E-state index in [9.17, 15) is 4.39 Å². The molecule has 1 fully saturated rings. The van der Waals surface area contributed by atoms with Crippen molar-refractivity contribution in [2.24, 2.45) is 11.7 Å². The van der Waals surface area contributed by atoms with Gasteiger partial charge in [0.25, 0.3) is 0 Å². The van der Waals surface area contributed by atoms with E-state index < -0.39 is 0 Å².